The van der Waals surface area contributed by atoms with Crippen LogP contribution < -0.4 is 5.32 Å². The molecule has 0 aromatic heterocycles. The zero-order chi connectivity index (χ0) is 13.9. The molecule has 4 nitrogen and oxygen atoms in total. The van der Waals surface area contributed by atoms with Crippen LogP contribution in [0.4, 0.5) is 0 Å². The largest absolute Gasteiger partial charge is 0.506 e. The lowest BCUT2D eigenvalue weighted by molar-refractivity contribution is -0.140. The van der Waals surface area contributed by atoms with Crippen molar-refractivity contribution in [3.05, 3.63) is 26.6 Å². The van der Waals surface area contributed by atoms with Crippen LogP contribution in [0.1, 0.15) is 19.4 Å². The van der Waals surface area contributed by atoms with Crippen molar-refractivity contribution >= 4 is 37.8 Å². The van der Waals surface area contributed by atoms with Gasteiger partial charge in [-0.15, -0.1) is 0 Å². The number of carboxylic acids is 1. The van der Waals surface area contributed by atoms with E-state index in [0.29, 0.717) is 16.6 Å². The van der Waals surface area contributed by atoms with Crippen LogP contribution in [0.3, 0.4) is 0 Å². The number of phenolic OH excluding ortho intramolecular Hbond substituents is 1. The Kier molecular flexibility index (Phi) is 5.62. The number of carboxylic acid groups (broad SMARTS) is 1. The standard InChI is InChI=1S/C12H15Br2NO3/c1-6(2)10(12(17)18)15-5-7-3-8(13)4-9(14)11(7)16/h3-4,6,10,15-16H,5H2,1-2H3,(H,17,18)/t10-/m0/s1. The van der Waals surface area contributed by atoms with Crippen molar-refractivity contribution in [1.29, 1.82) is 0 Å². The van der Waals surface area contributed by atoms with E-state index < -0.39 is 12.0 Å². The fourth-order valence-corrected chi connectivity index (χ4v) is 2.90. The van der Waals surface area contributed by atoms with Gasteiger partial charge in [-0.3, -0.25) is 10.1 Å². The predicted octanol–water partition coefficient (Wildman–Crippen LogP) is 3.12. The van der Waals surface area contributed by atoms with Crippen LogP contribution in [0.25, 0.3) is 0 Å². The first-order chi connectivity index (χ1) is 8.32. The molecular weight excluding hydrogens is 366 g/mol. The summed E-state index contributed by atoms with van der Waals surface area (Å²) < 4.78 is 1.39. The van der Waals surface area contributed by atoms with Crippen LogP contribution in [0, 0.1) is 5.92 Å². The lowest BCUT2D eigenvalue weighted by Gasteiger charge is -2.18. The van der Waals surface area contributed by atoms with Crippen molar-refractivity contribution in [1.82, 2.24) is 5.32 Å². The average Bonchev–Trinajstić information content (AvgIpc) is 2.23. The van der Waals surface area contributed by atoms with Crippen molar-refractivity contribution in [2.45, 2.75) is 26.4 Å². The summed E-state index contributed by atoms with van der Waals surface area (Å²) in [6.07, 6.45) is 0. The quantitative estimate of drug-likeness (QED) is 0.733. The van der Waals surface area contributed by atoms with Gasteiger partial charge in [0.15, 0.2) is 0 Å². The van der Waals surface area contributed by atoms with Gasteiger partial charge in [-0.05, 0) is 34.0 Å². The van der Waals surface area contributed by atoms with Gasteiger partial charge in [-0.2, -0.15) is 0 Å². The first kappa shape index (κ1) is 15.5. The van der Waals surface area contributed by atoms with Crippen molar-refractivity contribution in [2.24, 2.45) is 5.92 Å². The number of phenols is 1. The highest BCUT2D eigenvalue weighted by Crippen LogP contribution is 2.31. The minimum atomic E-state index is -0.890. The molecule has 1 rings (SSSR count). The third-order valence-electron chi connectivity index (χ3n) is 2.55. The second-order valence-corrected chi connectivity index (χ2v) is 6.11. The maximum absolute atomic E-state index is 11.0. The second kappa shape index (κ2) is 6.54. The molecule has 0 aliphatic heterocycles. The SMILES string of the molecule is CC(C)[C@H](NCc1cc(Br)cc(Br)c1O)C(=O)O. The third-order valence-corrected chi connectivity index (χ3v) is 3.61. The van der Waals surface area contributed by atoms with Gasteiger partial charge in [-0.25, -0.2) is 0 Å². The summed E-state index contributed by atoms with van der Waals surface area (Å²) in [4.78, 5) is 11.0. The fourth-order valence-electron chi connectivity index (χ4n) is 1.58. The van der Waals surface area contributed by atoms with Crippen LogP contribution in [0.5, 0.6) is 5.75 Å². The summed E-state index contributed by atoms with van der Waals surface area (Å²) in [7, 11) is 0. The molecule has 0 aliphatic rings. The molecule has 100 valence electrons. The van der Waals surface area contributed by atoms with E-state index in [1.165, 1.54) is 0 Å². The Morgan fingerprint density at radius 3 is 2.50 bits per heavy atom. The highest BCUT2D eigenvalue weighted by molar-refractivity contribution is 9.11. The maximum atomic E-state index is 11.0. The third kappa shape index (κ3) is 3.96. The molecule has 0 saturated heterocycles. The summed E-state index contributed by atoms with van der Waals surface area (Å²) in [6.45, 7) is 3.96. The number of hydrogen-bond acceptors (Lipinski definition) is 3. The van der Waals surface area contributed by atoms with E-state index in [1.807, 2.05) is 13.8 Å². The van der Waals surface area contributed by atoms with Gasteiger partial charge in [0.1, 0.15) is 11.8 Å². The van der Waals surface area contributed by atoms with Gasteiger partial charge in [0.2, 0.25) is 0 Å². The van der Waals surface area contributed by atoms with Crippen molar-refractivity contribution in [3.8, 4) is 5.75 Å². The Labute approximate surface area is 123 Å². The second-order valence-electron chi connectivity index (χ2n) is 4.34. The fraction of sp³-hybridized carbons (Fsp3) is 0.417. The summed E-state index contributed by atoms with van der Waals surface area (Å²) in [5.41, 5.74) is 0.642. The molecule has 0 heterocycles. The zero-order valence-electron chi connectivity index (χ0n) is 10.1. The van der Waals surface area contributed by atoms with E-state index in [0.717, 1.165) is 4.47 Å². The van der Waals surface area contributed by atoms with E-state index in [2.05, 4.69) is 37.2 Å². The van der Waals surface area contributed by atoms with Crippen LogP contribution in [0.15, 0.2) is 21.1 Å². The lowest BCUT2D eigenvalue weighted by Crippen LogP contribution is -2.40. The molecule has 0 saturated carbocycles. The molecule has 0 amide bonds. The Morgan fingerprint density at radius 1 is 1.39 bits per heavy atom. The smallest absolute Gasteiger partial charge is 0.320 e. The molecule has 18 heavy (non-hydrogen) atoms. The van der Waals surface area contributed by atoms with Crippen LogP contribution >= 0.6 is 31.9 Å². The number of aromatic hydroxyl groups is 1. The van der Waals surface area contributed by atoms with E-state index in [4.69, 9.17) is 5.11 Å². The van der Waals surface area contributed by atoms with E-state index in [1.54, 1.807) is 12.1 Å². The monoisotopic (exact) mass is 379 g/mol. The highest BCUT2D eigenvalue weighted by atomic mass is 79.9. The number of hydrogen-bond donors (Lipinski definition) is 3. The molecule has 1 aromatic carbocycles. The molecule has 1 atom stereocenters. The molecular formula is C12H15Br2NO3. The molecule has 0 fully saturated rings. The molecule has 0 spiro atoms. The van der Waals surface area contributed by atoms with Gasteiger partial charge in [0, 0.05) is 16.6 Å². The molecule has 3 N–H and O–H groups in total. The molecule has 1 aromatic rings. The normalized spacial score (nSPS) is 12.7. The number of aliphatic carboxylic acids is 1. The van der Waals surface area contributed by atoms with Gasteiger partial charge in [0.25, 0.3) is 0 Å². The topological polar surface area (TPSA) is 69.6 Å². The summed E-state index contributed by atoms with van der Waals surface area (Å²) in [5.74, 6) is -0.794. The first-order valence-corrected chi connectivity index (χ1v) is 7.04. The number of halogens is 2. The molecule has 0 aliphatic carbocycles. The number of carbonyl (C=O) groups is 1. The average molecular weight is 381 g/mol. The molecule has 0 unspecified atom stereocenters. The molecule has 6 heteroatoms. The van der Waals surface area contributed by atoms with Crippen molar-refractivity contribution in [2.75, 3.05) is 0 Å². The van der Waals surface area contributed by atoms with Crippen LogP contribution in [0.2, 0.25) is 0 Å². The summed E-state index contributed by atoms with van der Waals surface area (Å²) in [6, 6.07) is 2.85. The highest BCUT2D eigenvalue weighted by Gasteiger charge is 2.21. The number of benzene rings is 1. The minimum Gasteiger partial charge on any atom is -0.506 e. The predicted molar refractivity (Wildman–Crippen MR) is 76.6 cm³/mol. The van der Waals surface area contributed by atoms with Crippen molar-refractivity contribution < 1.29 is 15.0 Å². The van der Waals surface area contributed by atoms with E-state index in [-0.39, 0.29) is 11.7 Å². The summed E-state index contributed by atoms with van der Waals surface area (Å²) >= 11 is 6.56. The van der Waals surface area contributed by atoms with Gasteiger partial charge >= 0.3 is 5.97 Å². The Hall–Kier alpha value is -0.590. The molecule has 0 radical (unpaired) electrons. The van der Waals surface area contributed by atoms with E-state index in [9.17, 15) is 9.90 Å². The van der Waals surface area contributed by atoms with Crippen molar-refractivity contribution in [3.63, 3.8) is 0 Å². The lowest BCUT2D eigenvalue weighted by atomic mass is 10.0. The van der Waals surface area contributed by atoms with Crippen LogP contribution in [-0.2, 0) is 11.3 Å². The van der Waals surface area contributed by atoms with Crippen LogP contribution in [-0.4, -0.2) is 22.2 Å². The Balaban J connectivity index is 2.82. The molecule has 0 bridgehead atoms. The number of nitrogens with one attached hydrogen (secondary N) is 1. The maximum Gasteiger partial charge on any atom is 0.320 e. The van der Waals surface area contributed by atoms with Gasteiger partial charge < -0.3 is 10.2 Å². The summed E-state index contributed by atoms with van der Waals surface area (Å²) in [5, 5.41) is 21.8. The Bertz CT molecular complexity index is 449. The first-order valence-electron chi connectivity index (χ1n) is 5.46. The zero-order valence-corrected chi connectivity index (χ0v) is 13.2. The Morgan fingerprint density at radius 2 is 2.00 bits per heavy atom. The minimum absolute atomic E-state index is 0.0276. The van der Waals surface area contributed by atoms with Gasteiger partial charge in [-0.1, -0.05) is 29.8 Å². The van der Waals surface area contributed by atoms with E-state index >= 15 is 0 Å². The number of rotatable bonds is 5. The van der Waals surface area contributed by atoms with Gasteiger partial charge in [0.05, 0.1) is 4.47 Å².